The van der Waals surface area contributed by atoms with Gasteiger partial charge in [-0.2, -0.15) is 0 Å². The van der Waals surface area contributed by atoms with E-state index in [4.69, 9.17) is 0 Å². The van der Waals surface area contributed by atoms with Gasteiger partial charge in [-0.05, 0) is 17.9 Å². The first kappa shape index (κ1) is 21.1. The second-order valence-corrected chi connectivity index (χ2v) is 7.07. The van der Waals surface area contributed by atoms with Gasteiger partial charge in [-0.3, -0.25) is 19.7 Å². The van der Waals surface area contributed by atoms with E-state index < -0.39 is 11.8 Å². The monoisotopic (exact) mass is 386 g/mol. The molecule has 0 fully saturated rings. The number of benzene rings is 1. The first-order chi connectivity index (χ1) is 13.3. The van der Waals surface area contributed by atoms with Crippen molar-refractivity contribution in [3.8, 4) is 0 Å². The van der Waals surface area contributed by atoms with Crippen LogP contribution < -0.4 is 10.6 Å². The number of anilines is 1. The first-order valence-corrected chi connectivity index (χ1v) is 9.02. The fraction of sp³-hybridized carbons (Fsp3) is 0.421. The van der Waals surface area contributed by atoms with Gasteiger partial charge in [0.25, 0.3) is 0 Å². The van der Waals surface area contributed by atoms with Crippen molar-refractivity contribution in [1.82, 2.24) is 25.0 Å². The van der Waals surface area contributed by atoms with E-state index in [-0.39, 0.29) is 24.4 Å². The standard InChI is InChI=1S/C19H26N6O3/c1-13(2)10-15(14-8-6-5-7-9-14)21-17(27)18(28)22-19-20-12-25(23-19)11-16(26)24(3)4/h5-9,12-13,15H,10-11H2,1-4H3,(H,21,27)(H,22,23,28). The Morgan fingerprint density at radius 3 is 2.39 bits per heavy atom. The summed E-state index contributed by atoms with van der Waals surface area (Å²) in [5, 5.41) is 9.11. The van der Waals surface area contributed by atoms with Crippen molar-refractivity contribution >= 4 is 23.7 Å². The molecule has 1 aromatic carbocycles. The Kier molecular flexibility index (Phi) is 7.25. The van der Waals surface area contributed by atoms with Crippen LogP contribution in [0, 0.1) is 5.92 Å². The Balaban J connectivity index is 1.98. The molecular formula is C19H26N6O3. The minimum absolute atomic E-state index is 0.00740. The number of carbonyl (C=O) groups is 3. The van der Waals surface area contributed by atoms with Crippen molar-refractivity contribution in [2.45, 2.75) is 32.9 Å². The Morgan fingerprint density at radius 1 is 1.11 bits per heavy atom. The predicted molar refractivity (Wildman–Crippen MR) is 104 cm³/mol. The molecule has 3 amide bonds. The summed E-state index contributed by atoms with van der Waals surface area (Å²) in [6, 6.07) is 9.23. The number of amides is 3. The second-order valence-electron chi connectivity index (χ2n) is 7.07. The molecule has 0 aliphatic rings. The van der Waals surface area contributed by atoms with Gasteiger partial charge in [0.05, 0.1) is 6.04 Å². The van der Waals surface area contributed by atoms with E-state index in [9.17, 15) is 14.4 Å². The minimum atomic E-state index is -0.860. The second kappa shape index (κ2) is 9.63. The number of hydrogen-bond acceptors (Lipinski definition) is 5. The van der Waals surface area contributed by atoms with Crippen molar-refractivity contribution in [2.24, 2.45) is 5.92 Å². The highest BCUT2D eigenvalue weighted by Crippen LogP contribution is 2.21. The van der Waals surface area contributed by atoms with Gasteiger partial charge < -0.3 is 10.2 Å². The van der Waals surface area contributed by atoms with Crippen molar-refractivity contribution < 1.29 is 14.4 Å². The fourth-order valence-electron chi connectivity index (χ4n) is 2.53. The van der Waals surface area contributed by atoms with Crippen LogP contribution in [0.5, 0.6) is 0 Å². The van der Waals surface area contributed by atoms with Gasteiger partial charge in [0.15, 0.2) is 0 Å². The van der Waals surface area contributed by atoms with Crippen LogP contribution >= 0.6 is 0 Å². The van der Waals surface area contributed by atoms with Crippen molar-refractivity contribution in [3.05, 3.63) is 42.2 Å². The van der Waals surface area contributed by atoms with E-state index >= 15 is 0 Å². The maximum absolute atomic E-state index is 12.3. The van der Waals surface area contributed by atoms with Gasteiger partial charge in [-0.15, -0.1) is 5.10 Å². The van der Waals surface area contributed by atoms with E-state index in [1.54, 1.807) is 14.1 Å². The molecule has 9 heteroatoms. The van der Waals surface area contributed by atoms with E-state index in [1.165, 1.54) is 15.9 Å². The van der Waals surface area contributed by atoms with E-state index in [2.05, 4.69) is 20.7 Å². The third-order valence-corrected chi connectivity index (χ3v) is 3.98. The Labute approximate surface area is 164 Å². The lowest BCUT2D eigenvalue weighted by Gasteiger charge is -2.20. The van der Waals surface area contributed by atoms with E-state index in [0.29, 0.717) is 12.3 Å². The lowest BCUT2D eigenvalue weighted by Crippen LogP contribution is -2.38. The van der Waals surface area contributed by atoms with Gasteiger partial charge in [-0.1, -0.05) is 44.2 Å². The average molecular weight is 386 g/mol. The van der Waals surface area contributed by atoms with Gasteiger partial charge in [0.1, 0.15) is 12.9 Å². The number of aromatic nitrogens is 3. The topological polar surface area (TPSA) is 109 Å². The first-order valence-electron chi connectivity index (χ1n) is 9.02. The average Bonchev–Trinajstić information content (AvgIpc) is 3.08. The maximum atomic E-state index is 12.3. The summed E-state index contributed by atoms with van der Waals surface area (Å²) < 4.78 is 1.29. The molecule has 1 aromatic heterocycles. The quantitative estimate of drug-likeness (QED) is 0.695. The smallest absolute Gasteiger partial charge is 0.316 e. The van der Waals surface area contributed by atoms with Crippen LogP contribution in [-0.4, -0.2) is 51.5 Å². The normalized spacial score (nSPS) is 11.8. The van der Waals surface area contributed by atoms with Crippen molar-refractivity contribution in [1.29, 1.82) is 0 Å². The van der Waals surface area contributed by atoms with E-state index in [1.807, 2.05) is 44.2 Å². The van der Waals surface area contributed by atoms with Crippen LogP contribution in [0.2, 0.25) is 0 Å². The third kappa shape index (κ3) is 6.19. The zero-order valence-electron chi connectivity index (χ0n) is 16.5. The predicted octanol–water partition coefficient (Wildman–Crippen LogP) is 1.21. The molecule has 1 unspecified atom stereocenters. The summed E-state index contributed by atoms with van der Waals surface area (Å²) in [4.78, 5) is 41.6. The molecule has 28 heavy (non-hydrogen) atoms. The highest BCUT2D eigenvalue weighted by Gasteiger charge is 2.22. The zero-order valence-corrected chi connectivity index (χ0v) is 16.5. The zero-order chi connectivity index (χ0) is 20.7. The molecule has 2 rings (SSSR count). The van der Waals surface area contributed by atoms with Gasteiger partial charge in [0.2, 0.25) is 11.9 Å². The van der Waals surface area contributed by atoms with Crippen LogP contribution in [0.4, 0.5) is 5.95 Å². The number of nitrogens with one attached hydrogen (secondary N) is 2. The van der Waals surface area contributed by atoms with Crippen LogP contribution in [0.1, 0.15) is 31.9 Å². The summed E-state index contributed by atoms with van der Waals surface area (Å²) in [6.45, 7) is 4.09. The molecule has 0 bridgehead atoms. The summed E-state index contributed by atoms with van der Waals surface area (Å²) in [5.74, 6) is -1.50. The van der Waals surface area contributed by atoms with Crippen LogP contribution in [0.25, 0.3) is 0 Å². The molecule has 9 nitrogen and oxygen atoms in total. The van der Waals surface area contributed by atoms with Crippen LogP contribution in [-0.2, 0) is 20.9 Å². The van der Waals surface area contributed by atoms with Gasteiger partial charge in [-0.25, -0.2) is 9.67 Å². The van der Waals surface area contributed by atoms with Gasteiger partial charge in [0, 0.05) is 14.1 Å². The molecule has 0 spiro atoms. The summed E-state index contributed by atoms with van der Waals surface area (Å²) in [7, 11) is 3.26. The lowest BCUT2D eigenvalue weighted by atomic mass is 9.97. The van der Waals surface area contributed by atoms with Crippen molar-refractivity contribution in [2.75, 3.05) is 19.4 Å². The van der Waals surface area contributed by atoms with Crippen molar-refractivity contribution in [3.63, 3.8) is 0 Å². The largest absolute Gasteiger partial charge is 0.347 e. The summed E-state index contributed by atoms with van der Waals surface area (Å²) >= 11 is 0. The number of hydrogen-bond donors (Lipinski definition) is 2. The molecule has 1 atom stereocenters. The summed E-state index contributed by atoms with van der Waals surface area (Å²) in [5.41, 5.74) is 0.932. The number of nitrogens with zero attached hydrogens (tertiary/aromatic N) is 4. The molecule has 0 saturated carbocycles. The molecule has 0 aliphatic carbocycles. The SMILES string of the molecule is CC(C)CC(NC(=O)C(=O)Nc1ncn(CC(=O)N(C)C)n1)c1ccccc1. The fourth-order valence-corrected chi connectivity index (χ4v) is 2.53. The van der Waals surface area contributed by atoms with Crippen LogP contribution in [0.15, 0.2) is 36.7 Å². The molecule has 150 valence electrons. The number of likely N-dealkylation sites (N-methyl/N-ethyl adjacent to an activating group) is 1. The molecule has 2 aromatic rings. The summed E-state index contributed by atoms with van der Waals surface area (Å²) in [6.07, 6.45) is 2.02. The lowest BCUT2D eigenvalue weighted by molar-refractivity contribution is -0.136. The Bertz CT molecular complexity index is 816. The molecule has 0 radical (unpaired) electrons. The third-order valence-electron chi connectivity index (χ3n) is 3.98. The molecule has 1 heterocycles. The number of rotatable bonds is 7. The molecule has 0 aliphatic heterocycles. The Hall–Kier alpha value is -3.23. The van der Waals surface area contributed by atoms with Gasteiger partial charge >= 0.3 is 11.8 Å². The molecule has 0 saturated heterocycles. The highest BCUT2D eigenvalue weighted by molar-refractivity contribution is 6.39. The molecule has 2 N–H and O–H groups in total. The maximum Gasteiger partial charge on any atom is 0.316 e. The minimum Gasteiger partial charge on any atom is -0.347 e. The highest BCUT2D eigenvalue weighted by atomic mass is 16.2. The van der Waals surface area contributed by atoms with E-state index in [0.717, 1.165) is 5.56 Å². The Morgan fingerprint density at radius 2 is 1.79 bits per heavy atom. The molecular weight excluding hydrogens is 360 g/mol. The number of carbonyl (C=O) groups excluding carboxylic acids is 3. The van der Waals surface area contributed by atoms with Crippen LogP contribution in [0.3, 0.4) is 0 Å².